The highest BCUT2D eigenvalue weighted by atomic mass is 16.4. The van der Waals surface area contributed by atoms with Crippen molar-refractivity contribution in [3.05, 3.63) is 0 Å². The van der Waals surface area contributed by atoms with Crippen molar-refractivity contribution in [3.8, 4) is 0 Å². The smallest absolute Gasteiger partial charge is 0.324 e. The van der Waals surface area contributed by atoms with Crippen molar-refractivity contribution in [2.75, 3.05) is 13.1 Å². The molecule has 0 amide bonds. The first-order valence-corrected chi connectivity index (χ1v) is 6.82. The monoisotopic (exact) mass is 240 g/mol. The van der Waals surface area contributed by atoms with E-state index in [0.29, 0.717) is 0 Å². The molecule has 0 bridgehead atoms. The van der Waals surface area contributed by atoms with E-state index in [9.17, 15) is 9.90 Å². The Morgan fingerprint density at radius 2 is 2.06 bits per heavy atom. The summed E-state index contributed by atoms with van der Waals surface area (Å²) in [6, 6.07) is 0.162. The van der Waals surface area contributed by atoms with Crippen LogP contribution in [0.2, 0.25) is 0 Å². The molecule has 0 aromatic carbocycles. The predicted molar refractivity (Wildman–Crippen MR) is 66.8 cm³/mol. The number of carboxylic acids is 1. The number of aliphatic carboxylic acids is 1. The zero-order chi connectivity index (χ0) is 12.5. The molecule has 2 fully saturated rings. The molecule has 1 heterocycles. The number of carbonyl (C=O) groups is 1. The molecule has 1 aliphatic carbocycles. The van der Waals surface area contributed by atoms with E-state index in [-0.39, 0.29) is 6.04 Å². The van der Waals surface area contributed by atoms with Gasteiger partial charge in [-0.1, -0.05) is 13.3 Å². The third-order valence-corrected chi connectivity index (χ3v) is 4.74. The van der Waals surface area contributed by atoms with Crippen LogP contribution in [0.25, 0.3) is 0 Å². The van der Waals surface area contributed by atoms with Gasteiger partial charge in [0, 0.05) is 19.1 Å². The van der Waals surface area contributed by atoms with Gasteiger partial charge in [-0.25, -0.2) is 0 Å². The lowest BCUT2D eigenvalue weighted by molar-refractivity contribution is -0.154. The first-order chi connectivity index (χ1) is 8.08. The van der Waals surface area contributed by atoms with Gasteiger partial charge in [-0.2, -0.15) is 0 Å². The van der Waals surface area contributed by atoms with E-state index in [1.54, 1.807) is 0 Å². The molecule has 1 atom stereocenters. The lowest BCUT2D eigenvalue weighted by atomic mass is 9.74. The zero-order valence-corrected chi connectivity index (χ0v) is 10.7. The maximum atomic E-state index is 11.7. The molecule has 4 heteroatoms. The molecule has 0 spiro atoms. The van der Waals surface area contributed by atoms with Gasteiger partial charge in [-0.3, -0.25) is 9.69 Å². The number of nitrogens with zero attached hydrogens (tertiary/aromatic N) is 1. The molecule has 1 unspecified atom stereocenters. The van der Waals surface area contributed by atoms with Crippen molar-refractivity contribution in [2.45, 2.75) is 57.0 Å². The van der Waals surface area contributed by atoms with E-state index < -0.39 is 11.5 Å². The van der Waals surface area contributed by atoms with Crippen LogP contribution < -0.4 is 5.73 Å². The van der Waals surface area contributed by atoms with Crippen LogP contribution in [0.3, 0.4) is 0 Å². The summed E-state index contributed by atoms with van der Waals surface area (Å²) >= 11 is 0. The molecular formula is C13H24N2O2. The first-order valence-electron chi connectivity index (χ1n) is 6.82. The minimum absolute atomic E-state index is 0.162. The van der Waals surface area contributed by atoms with E-state index in [4.69, 9.17) is 5.73 Å². The second-order valence-corrected chi connectivity index (χ2v) is 5.68. The fraction of sp³-hybridized carbons (Fsp3) is 0.923. The zero-order valence-electron chi connectivity index (χ0n) is 10.7. The third kappa shape index (κ3) is 2.33. The summed E-state index contributed by atoms with van der Waals surface area (Å²) in [5.41, 5.74) is 5.30. The number of rotatable bonds is 3. The van der Waals surface area contributed by atoms with E-state index in [1.165, 1.54) is 6.42 Å². The van der Waals surface area contributed by atoms with Crippen LogP contribution in [0.5, 0.6) is 0 Å². The van der Waals surface area contributed by atoms with Gasteiger partial charge in [0.25, 0.3) is 0 Å². The Labute approximate surface area is 103 Å². The molecule has 17 heavy (non-hydrogen) atoms. The fourth-order valence-electron chi connectivity index (χ4n) is 3.40. The number of carboxylic acid groups (broad SMARTS) is 1. The third-order valence-electron chi connectivity index (χ3n) is 4.74. The summed E-state index contributed by atoms with van der Waals surface area (Å²) in [7, 11) is 0. The number of nitrogens with two attached hydrogens (primary N) is 1. The Balaban J connectivity index is 2.09. The van der Waals surface area contributed by atoms with Gasteiger partial charge in [-0.15, -0.1) is 0 Å². The lowest BCUT2D eigenvalue weighted by Crippen LogP contribution is -2.56. The Hall–Kier alpha value is -0.610. The van der Waals surface area contributed by atoms with Crippen LogP contribution in [0.4, 0.5) is 0 Å². The molecule has 1 saturated carbocycles. The van der Waals surface area contributed by atoms with Crippen molar-refractivity contribution in [3.63, 3.8) is 0 Å². The van der Waals surface area contributed by atoms with E-state index in [2.05, 4.69) is 11.8 Å². The Bertz CT molecular complexity index is 285. The Morgan fingerprint density at radius 3 is 2.47 bits per heavy atom. The predicted octanol–water partition coefficient (Wildman–Crippen LogP) is 1.44. The SMILES string of the molecule is CCC1CCC(C(=O)O)(N2CCC(N)C2)CC1. The van der Waals surface area contributed by atoms with Crippen LogP contribution >= 0.6 is 0 Å². The van der Waals surface area contributed by atoms with Gasteiger partial charge in [0.15, 0.2) is 0 Å². The van der Waals surface area contributed by atoms with Gasteiger partial charge in [0.2, 0.25) is 0 Å². The van der Waals surface area contributed by atoms with Gasteiger partial charge in [0.1, 0.15) is 5.54 Å². The number of hydrogen-bond acceptors (Lipinski definition) is 3. The van der Waals surface area contributed by atoms with Crippen LogP contribution in [0.1, 0.15) is 45.4 Å². The quantitative estimate of drug-likeness (QED) is 0.783. The first kappa shape index (κ1) is 12.8. The van der Waals surface area contributed by atoms with Gasteiger partial charge >= 0.3 is 5.97 Å². The van der Waals surface area contributed by atoms with Gasteiger partial charge in [0.05, 0.1) is 0 Å². The largest absolute Gasteiger partial charge is 0.480 e. The standard InChI is InChI=1S/C13H24N2O2/c1-2-10-3-6-13(7-4-10,12(16)17)15-8-5-11(14)9-15/h10-11H,2-9,14H2,1H3,(H,16,17). The molecular weight excluding hydrogens is 216 g/mol. The molecule has 4 nitrogen and oxygen atoms in total. The molecule has 3 N–H and O–H groups in total. The summed E-state index contributed by atoms with van der Waals surface area (Å²) in [4.78, 5) is 13.8. The molecule has 0 radical (unpaired) electrons. The Morgan fingerprint density at radius 1 is 1.41 bits per heavy atom. The minimum atomic E-state index is -0.638. The highest BCUT2D eigenvalue weighted by molar-refractivity contribution is 5.79. The molecule has 1 aliphatic heterocycles. The van der Waals surface area contributed by atoms with Crippen molar-refractivity contribution >= 4 is 5.97 Å². The highest BCUT2D eigenvalue weighted by Gasteiger charge is 2.48. The minimum Gasteiger partial charge on any atom is -0.480 e. The van der Waals surface area contributed by atoms with Gasteiger partial charge < -0.3 is 10.8 Å². The lowest BCUT2D eigenvalue weighted by Gasteiger charge is -2.43. The topological polar surface area (TPSA) is 66.6 Å². The molecule has 2 rings (SSSR count). The van der Waals surface area contributed by atoms with Crippen LogP contribution in [-0.4, -0.2) is 40.6 Å². The second-order valence-electron chi connectivity index (χ2n) is 5.68. The molecule has 98 valence electrons. The maximum absolute atomic E-state index is 11.7. The number of hydrogen-bond donors (Lipinski definition) is 2. The van der Waals surface area contributed by atoms with E-state index >= 15 is 0 Å². The van der Waals surface area contributed by atoms with E-state index in [0.717, 1.165) is 51.1 Å². The molecule has 0 aromatic rings. The average molecular weight is 240 g/mol. The fourth-order valence-corrected chi connectivity index (χ4v) is 3.40. The maximum Gasteiger partial charge on any atom is 0.324 e. The summed E-state index contributed by atoms with van der Waals surface area (Å²) in [5.74, 6) is 0.0832. The summed E-state index contributed by atoms with van der Waals surface area (Å²) in [6.45, 7) is 3.80. The van der Waals surface area contributed by atoms with Crippen molar-refractivity contribution < 1.29 is 9.90 Å². The second kappa shape index (κ2) is 4.94. The van der Waals surface area contributed by atoms with Crippen LogP contribution in [-0.2, 0) is 4.79 Å². The summed E-state index contributed by atoms with van der Waals surface area (Å²) in [6.07, 6.45) is 5.81. The van der Waals surface area contributed by atoms with Gasteiger partial charge in [-0.05, 0) is 38.0 Å². The van der Waals surface area contributed by atoms with Crippen molar-refractivity contribution in [1.82, 2.24) is 4.90 Å². The normalized spacial score (nSPS) is 39.4. The van der Waals surface area contributed by atoms with Crippen molar-refractivity contribution in [1.29, 1.82) is 0 Å². The number of likely N-dealkylation sites (tertiary alicyclic amines) is 1. The molecule has 2 aliphatic rings. The summed E-state index contributed by atoms with van der Waals surface area (Å²) < 4.78 is 0. The molecule has 0 aromatic heterocycles. The highest BCUT2D eigenvalue weighted by Crippen LogP contribution is 2.39. The average Bonchev–Trinajstić information content (AvgIpc) is 2.76. The summed E-state index contributed by atoms with van der Waals surface area (Å²) in [5, 5.41) is 9.61. The Kier molecular flexibility index (Phi) is 3.73. The van der Waals surface area contributed by atoms with E-state index in [1.807, 2.05) is 0 Å². The van der Waals surface area contributed by atoms with Crippen molar-refractivity contribution in [2.24, 2.45) is 11.7 Å². The molecule has 1 saturated heterocycles. The van der Waals surface area contributed by atoms with Crippen LogP contribution in [0, 0.1) is 5.92 Å². The van der Waals surface area contributed by atoms with Crippen LogP contribution in [0.15, 0.2) is 0 Å².